The maximum absolute atomic E-state index is 12.0. The molecule has 8 heteroatoms. The Balaban J connectivity index is 2.00. The van der Waals surface area contributed by atoms with E-state index >= 15 is 0 Å². The summed E-state index contributed by atoms with van der Waals surface area (Å²) in [6, 6.07) is 0. The van der Waals surface area contributed by atoms with Crippen molar-refractivity contribution < 1.29 is 17.9 Å². The van der Waals surface area contributed by atoms with Crippen molar-refractivity contribution in [1.29, 1.82) is 0 Å². The Morgan fingerprint density at radius 3 is 2.70 bits per heavy atom. The van der Waals surface area contributed by atoms with E-state index in [1.54, 1.807) is 0 Å². The fraction of sp³-hybridized carbons (Fsp3) is 0.667. The van der Waals surface area contributed by atoms with Crippen LogP contribution in [0.1, 0.15) is 19.8 Å². The van der Waals surface area contributed by atoms with Gasteiger partial charge in [0.25, 0.3) is 11.8 Å². The van der Waals surface area contributed by atoms with Crippen LogP contribution in [0.3, 0.4) is 0 Å². The monoisotopic (exact) mass is 301 g/mol. The molecule has 1 aromatic rings. The molecule has 7 nitrogen and oxygen atoms in total. The minimum Gasteiger partial charge on any atom is -0.477 e. The van der Waals surface area contributed by atoms with E-state index in [4.69, 9.17) is 9.47 Å². The van der Waals surface area contributed by atoms with Crippen molar-refractivity contribution in [2.24, 2.45) is 0 Å². The number of hydrogen-bond acceptors (Lipinski definition) is 6. The predicted octanol–water partition coefficient (Wildman–Crippen LogP) is 0.678. The van der Waals surface area contributed by atoms with E-state index in [0.717, 1.165) is 0 Å². The molecule has 2 rings (SSSR count). The van der Waals surface area contributed by atoms with E-state index in [-0.39, 0.29) is 11.9 Å². The number of sulfonamides is 1. The van der Waals surface area contributed by atoms with Gasteiger partial charge in [0.05, 0.1) is 19.4 Å². The maximum Gasteiger partial charge on any atom is 0.278 e. The molecule has 0 aliphatic carbocycles. The van der Waals surface area contributed by atoms with Gasteiger partial charge in [0, 0.05) is 18.9 Å². The number of ether oxygens (including phenoxy) is 2. The standard InChI is InChI=1S/C12H19N3O4S/c1-3-8-20(16,17)15-7-4-10(9-15)19-12-11(18-2)13-5-6-14-12/h5-6,10H,3-4,7-9H2,1-2H3. The number of nitrogens with zero attached hydrogens (tertiary/aromatic N) is 3. The topological polar surface area (TPSA) is 81.6 Å². The Bertz CT molecular complexity index is 549. The summed E-state index contributed by atoms with van der Waals surface area (Å²) in [6.07, 6.45) is 4.06. The van der Waals surface area contributed by atoms with Crippen LogP contribution in [0.5, 0.6) is 11.8 Å². The smallest absolute Gasteiger partial charge is 0.278 e. The second-order valence-corrected chi connectivity index (χ2v) is 6.66. The molecule has 0 radical (unpaired) electrons. The lowest BCUT2D eigenvalue weighted by Gasteiger charge is -2.16. The van der Waals surface area contributed by atoms with Gasteiger partial charge in [-0.25, -0.2) is 18.4 Å². The van der Waals surface area contributed by atoms with Gasteiger partial charge >= 0.3 is 0 Å². The molecule has 0 amide bonds. The predicted molar refractivity (Wildman–Crippen MR) is 73.3 cm³/mol. The van der Waals surface area contributed by atoms with Crippen LogP contribution in [0, 0.1) is 0 Å². The quantitative estimate of drug-likeness (QED) is 0.768. The Kier molecular flexibility index (Phi) is 4.77. The van der Waals surface area contributed by atoms with E-state index in [1.807, 2.05) is 6.92 Å². The van der Waals surface area contributed by atoms with Gasteiger partial charge in [0.1, 0.15) is 6.10 Å². The minimum absolute atomic E-state index is 0.175. The lowest BCUT2D eigenvalue weighted by atomic mass is 10.3. The van der Waals surface area contributed by atoms with E-state index in [2.05, 4.69) is 9.97 Å². The highest BCUT2D eigenvalue weighted by atomic mass is 32.2. The number of hydrogen-bond donors (Lipinski definition) is 0. The fourth-order valence-corrected chi connectivity index (χ4v) is 3.68. The molecule has 1 saturated heterocycles. The normalized spacial score (nSPS) is 20.0. The molecule has 1 atom stereocenters. The van der Waals surface area contributed by atoms with Crippen molar-refractivity contribution in [3.63, 3.8) is 0 Å². The largest absolute Gasteiger partial charge is 0.477 e. The molecular weight excluding hydrogens is 282 g/mol. The molecule has 2 heterocycles. The number of rotatable bonds is 6. The highest BCUT2D eigenvalue weighted by molar-refractivity contribution is 7.89. The average Bonchev–Trinajstić information content (AvgIpc) is 2.89. The molecule has 0 aromatic carbocycles. The summed E-state index contributed by atoms with van der Waals surface area (Å²) >= 11 is 0. The third kappa shape index (κ3) is 3.37. The highest BCUT2D eigenvalue weighted by Crippen LogP contribution is 2.24. The van der Waals surface area contributed by atoms with E-state index < -0.39 is 10.0 Å². The van der Waals surface area contributed by atoms with Crippen LogP contribution in [0.25, 0.3) is 0 Å². The summed E-state index contributed by atoms with van der Waals surface area (Å²) in [4.78, 5) is 8.05. The van der Waals surface area contributed by atoms with E-state index in [0.29, 0.717) is 37.7 Å². The summed E-state index contributed by atoms with van der Waals surface area (Å²) in [5.41, 5.74) is 0. The van der Waals surface area contributed by atoms with Gasteiger partial charge in [-0.05, 0) is 12.8 Å². The van der Waals surface area contributed by atoms with Crippen LogP contribution >= 0.6 is 0 Å². The number of aromatic nitrogens is 2. The molecule has 1 unspecified atom stereocenters. The molecule has 0 bridgehead atoms. The van der Waals surface area contributed by atoms with Gasteiger partial charge < -0.3 is 9.47 Å². The Morgan fingerprint density at radius 1 is 1.35 bits per heavy atom. The summed E-state index contributed by atoms with van der Waals surface area (Å²) in [7, 11) is -1.68. The Morgan fingerprint density at radius 2 is 2.05 bits per heavy atom. The van der Waals surface area contributed by atoms with Crippen molar-refractivity contribution in [2.45, 2.75) is 25.9 Å². The first-order valence-corrected chi connectivity index (χ1v) is 8.17. The molecule has 112 valence electrons. The lowest BCUT2D eigenvalue weighted by Crippen LogP contribution is -2.32. The van der Waals surface area contributed by atoms with E-state index in [1.165, 1.54) is 23.8 Å². The molecule has 1 fully saturated rings. The Labute approximate surface area is 119 Å². The Hall–Kier alpha value is -1.41. The van der Waals surface area contributed by atoms with Crippen molar-refractivity contribution in [1.82, 2.24) is 14.3 Å². The molecular formula is C12H19N3O4S. The van der Waals surface area contributed by atoms with Gasteiger partial charge in [-0.3, -0.25) is 0 Å². The second-order valence-electron chi connectivity index (χ2n) is 4.57. The lowest BCUT2D eigenvalue weighted by molar-refractivity contribution is 0.194. The zero-order valence-corrected chi connectivity index (χ0v) is 12.5. The third-order valence-electron chi connectivity index (χ3n) is 3.07. The van der Waals surface area contributed by atoms with Crippen molar-refractivity contribution in [3.05, 3.63) is 12.4 Å². The first-order chi connectivity index (χ1) is 9.56. The molecule has 0 saturated carbocycles. The molecule has 1 aliphatic heterocycles. The van der Waals surface area contributed by atoms with Crippen LogP contribution in [0.15, 0.2) is 12.4 Å². The maximum atomic E-state index is 12.0. The molecule has 0 N–H and O–H groups in total. The van der Waals surface area contributed by atoms with Crippen LogP contribution < -0.4 is 9.47 Å². The second kappa shape index (κ2) is 6.36. The van der Waals surface area contributed by atoms with Gasteiger partial charge in [-0.2, -0.15) is 4.31 Å². The SMILES string of the molecule is CCCS(=O)(=O)N1CCC(Oc2nccnc2OC)C1. The summed E-state index contributed by atoms with van der Waals surface area (Å²) in [5.74, 6) is 0.783. The first-order valence-electron chi connectivity index (χ1n) is 6.56. The fourth-order valence-electron chi connectivity index (χ4n) is 2.12. The number of methoxy groups -OCH3 is 1. The zero-order valence-electron chi connectivity index (χ0n) is 11.7. The molecule has 1 aromatic heterocycles. The summed E-state index contributed by atoms with van der Waals surface area (Å²) < 4.78 is 36.2. The summed E-state index contributed by atoms with van der Waals surface area (Å²) in [6.45, 7) is 2.68. The average molecular weight is 301 g/mol. The zero-order chi connectivity index (χ0) is 14.6. The van der Waals surface area contributed by atoms with E-state index in [9.17, 15) is 8.42 Å². The molecule has 20 heavy (non-hydrogen) atoms. The van der Waals surface area contributed by atoms with Crippen molar-refractivity contribution >= 4 is 10.0 Å². The molecule has 1 aliphatic rings. The van der Waals surface area contributed by atoms with Gasteiger partial charge in [-0.15, -0.1) is 0 Å². The van der Waals surface area contributed by atoms with Crippen molar-refractivity contribution in [2.75, 3.05) is 26.0 Å². The van der Waals surface area contributed by atoms with Gasteiger partial charge in [-0.1, -0.05) is 6.92 Å². The van der Waals surface area contributed by atoms with Gasteiger partial charge in [0.2, 0.25) is 10.0 Å². The minimum atomic E-state index is -3.16. The summed E-state index contributed by atoms with van der Waals surface area (Å²) in [5, 5.41) is 0. The first kappa shape index (κ1) is 15.0. The van der Waals surface area contributed by atoms with Crippen LogP contribution in [0.4, 0.5) is 0 Å². The molecule has 0 spiro atoms. The third-order valence-corrected chi connectivity index (χ3v) is 5.11. The van der Waals surface area contributed by atoms with Crippen LogP contribution in [-0.2, 0) is 10.0 Å². The highest BCUT2D eigenvalue weighted by Gasteiger charge is 2.32. The van der Waals surface area contributed by atoms with Crippen LogP contribution in [0.2, 0.25) is 0 Å². The van der Waals surface area contributed by atoms with Crippen molar-refractivity contribution in [3.8, 4) is 11.8 Å². The van der Waals surface area contributed by atoms with Gasteiger partial charge in [0.15, 0.2) is 0 Å². The van der Waals surface area contributed by atoms with Crippen LogP contribution in [-0.4, -0.2) is 54.7 Å².